The van der Waals surface area contributed by atoms with Crippen molar-refractivity contribution in [3.05, 3.63) is 34.1 Å². The Hall–Kier alpha value is -0.480. The standard InChI is InChI=1S/C8H4Cl2F4/c9-3-4-1-6(10)5(2-7(4)11)8(12,13)14/h1-2H,3H2. The van der Waals surface area contributed by atoms with Gasteiger partial charge >= 0.3 is 6.18 Å². The molecule has 0 saturated heterocycles. The molecule has 0 radical (unpaired) electrons. The van der Waals surface area contributed by atoms with Gasteiger partial charge in [0.1, 0.15) is 5.82 Å². The van der Waals surface area contributed by atoms with E-state index in [9.17, 15) is 17.6 Å². The molecule has 1 aromatic carbocycles. The normalized spacial score (nSPS) is 11.9. The van der Waals surface area contributed by atoms with E-state index in [0.29, 0.717) is 6.07 Å². The third-order valence-electron chi connectivity index (χ3n) is 1.59. The number of benzene rings is 1. The van der Waals surface area contributed by atoms with Gasteiger partial charge < -0.3 is 0 Å². The first-order valence-corrected chi connectivity index (χ1v) is 4.38. The van der Waals surface area contributed by atoms with Crippen molar-refractivity contribution in [2.75, 3.05) is 0 Å². The Bertz CT molecular complexity index is 346. The highest BCUT2D eigenvalue weighted by Crippen LogP contribution is 2.36. The molecule has 0 saturated carbocycles. The predicted molar refractivity (Wildman–Crippen MR) is 46.0 cm³/mol. The highest BCUT2D eigenvalue weighted by atomic mass is 35.5. The van der Waals surface area contributed by atoms with Crippen molar-refractivity contribution in [1.82, 2.24) is 0 Å². The maximum absolute atomic E-state index is 12.9. The van der Waals surface area contributed by atoms with E-state index in [1.54, 1.807) is 0 Å². The Morgan fingerprint density at radius 2 is 1.79 bits per heavy atom. The third-order valence-corrected chi connectivity index (χ3v) is 2.19. The van der Waals surface area contributed by atoms with E-state index in [0.717, 1.165) is 6.07 Å². The second-order valence-corrected chi connectivity index (χ2v) is 3.23. The zero-order valence-corrected chi connectivity index (χ0v) is 8.14. The largest absolute Gasteiger partial charge is 0.417 e. The van der Waals surface area contributed by atoms with Crippen LogP contribution >= 0.6 is 23.2 Å². The molecule has 0 bridgehead atoms. The first kappa shape index (κ1) is 11.6. The van der Waals surface area contributed by atoms with E-state index in [2.05, 4.69) is 0 Å². The van der Waals surface area contributed by atoms with Crippen molar-refractivity contribution in [3.8, 4) is 0 Å². The molecule has 0 aliphatic rings. The third kappa shape index (κ3) is 2.30. The van der Waals surface area contributed by atoms with Crippen LogP contribution in [0.3, 0.4) is 0 Å². The summed E-state index contributed by atoms with van der Waals surface area (Å²) in [5.74, 6) is -1.22. The van der Waals surface area contributed by atoms with E-state index in [-0.39, 0.29) is 11.4 Å². The summed E-state index contributed by atoms with van der Waals surface area (Å²) in [5.41, 5.74) is -1.24. The Balaban J connectivity index is 3.29. The van der Waals surface area contributed by atoms with Crippen LogP contribution in [-0.2, 0) is 12.1 Å². The van der Waals surface area contributed by atoms with Gasteiger partial charge in [0.15, 0.2) is 0 Å². The number of hydrogen-bond acceptors (Lipinski definition) is 0. The summed E-state index contributed by atoms with van der Waals surface area (Å²) in [4.78, 5) is 0. The van der Waals surface area contributed by atoms with Crippen LogP contribution in [0.5, 0.6) is 0 Å². The molecule has 1 rings (SSSR count). The van der Waals surface area contributed by atoms with Gasteiger partial charge in [-0.2, -0.15) is 13.2 Å². The van der Waals surface area contributed by atoms with E-state index in [1.165, 1.54) is 0 Å². The molecule has 0 atom stereocenters. The predicted octanol–water partition coefficient (Wildman–Crippen LogP) is 4.24. The number of rotatable bonds is 1. The molecule has 78 valence electrons. The van der Waals surface area contributed by atoms with Gasteiger partial charge in [-0.3, -0.25) is 0 Å². The summed E-state index contributed by atoms with van der Waals surface area (Å²) in [7, 11) is 0. The zero-order valence-electron chi connectivity index (χ0n) is 6.63. The summed E-state index contributed by atoms with van der Waals surface area (Å²) in [5, 5.41) is -0.547. The average Bonchev–Trinajstić information content (AvgIpc) is 2.06. The van der Waals surface area contributed by atoms with Gasteiger partial charge in [-0.05, 0) is 12.1 Å². The lowest BCUT2D eigenvalue weighted by Crippen LogP contribution is -2.07. The number of hydrogen-bond donors (Lipinski definition) is 0. The quantitative estimate of drug-likeness (QED) is 0.514. The summed E-state index contributed by atoms with van der Waals surface area (Å²) in [6.45, 7) is 0. The Morgan fingerprint density at radius 1 is 1.21 bits per heavy atom. The molecule has 0 aromatic heterocycles. The SMILES string of the molecule is Fc1cc(C(F)(F)F)c(Cl)cc1CCl. The lowest BCUT2D eigenvalue weighted by atomic mass is 10.1. The maximum atomic E-state index is 12.9. The molecule has 0 nitrogen and oxygen atoms in total. The van der Waals surface area contributed by atoms with E-state index in [4.69, 9.17) is 23.2 Å². The molecule has 0 N–H and O–H groups in total. The van der Waals surface area contributed by atoms with Gasteiger partial charge in [0.05, 0.1) is 16.5 Å². The van der Waals surface area contributed by atoms with Crippen molar-refractivity contribution in [2.24, 2.45) is 0 Å². The second kappa shape index (κ2) is 3.95. The zero-order chi connectivity index (χ0) is 10.9. The van der Waals surface area contributed by atoms with Crippen LogP contribution < -0.4 is 0 Å². The van der Waals surface area contributed by atoms with Crippen molar-refractivity contribution < 1.29 is 17.6 Å². The highest BCUT2D eigenvalue weighted by Gasteiger charge is 2.34. The molecule has 0 heterocycles. The van der Waals surface area contributed by atoms with Gasteiger partial charge in [0, 0.05) is 5.56 Å². The molecule has 0 fully saturated rings. The second-order valence-electron chi connectivity index (χ2n) is 2.55. The van der Waals surface area contributed by atoms with Gasteiger partial charge in [-0.25, -0.2) is 4.39 Å². The van der Waals surface area contributed by atoms with E-state index < -0.39 is 22.6 Å². The minimum absolute atomic E-state index is 0.0512. The smallest absolute Gasteiger partial charge is 0.207 e. The van der Waals surface area contributed by atoms with Gasteiger partial charge in [-0.1, -0.05) is 11.6 Å². The van der Waals surface area contributed by atoms with Crippen LogP contribution in [0, 0.1) is 5.82 Å². The van der Waals surface area contributed by atoms with Crippen molar-refractivity contribution >= 4 is 23.2 Å². The maximum Gasteiger partial charge on any atom is 0.417 e. The van der Waals surface area contributed by atoms with Crippen LogP contribution in [0.4, 0.5) is 17.6 Å². The van der Waals surface area contributed by atoms with Crippen LogP contribution in [0.2, 0.25) is 5.02 Å². The molecule has 6 heteroatoms. The highest BCUT2D eigenvalue weighted by molar-refractivity contribution is 6.31. The monoisotopic (exact) mass is 246 g/mol. The number of alkyl halides is 4. The molecule has 0 spiro atoms. The molecule has 14 heavy (non-hydrogen) atoms. The fourth-order valence-corrected chi connectivity index (χ4v) is 1.41. The van der Waals surface area contributed by atoms with Crippen LogP contribution in [0.1, 0.15) is 11.1 Å². The molecule has 1 aromatic rings. The van der Waals surface area contributed by atoms with E-state index >= 15 is 0 Å². The summed E-state index contributed by atoms with van der Waals surface area (Å²) >= 11 is 10.6. The van der Waals surface area contributed by atoms with Gasteiger partial charge in [0.2, 0.25) is 0 Å². The van der Waals surface area contributed by atoms with Gasteiger partial charge in [-0.15, -0.1) is 11.6 Å². The fraction of sp³-hybridized carbons (Fsp3) is 0.250. The summed E-state index contributed by atoms with van der Waals surface area (Å²) in [6.07, 6.45) is -4.65. The summed E-state index contributed by atoms with van der Waals surface area (Å²) < 4.78 is 49.5. The average molecular weight is 247 g/mol. The van der Waals surface area contributed by atoms with E-state index in [1.807, 2.05) is 0 Å². The molecule has 0 amide bonds. The Morgan fingerprint density at radius 3 is 2.21 bits per heavy atom. The molecule has 0 aliphatic heterocycles. The van der Waals surface area contributed by atoms with Crippen LogP contribution in [0.25, 0.3) is 0 Å². The lowest BCUT2D eigenvalue weighted by molar-refractivity contribution is -0.137. The van der Waals surface area contributed by atoms with Crippen molar-refractivity contribution in [2.45, 2.75) is 12.1 Å². The Labute approximate surface area is 87.4 Å². The minimum atomic E-state index is -4.65. The van der Waals surface area contributed by atoms with Gasteiger partial charge in [0.25, 0.3) is 0 Å². The molecular weight excluding hydrogens is 243 g/mol. The first-order valence-electron chi connectivity index (χ1n) is 3.47. The lowest BCUT2D eigenvalue weighted by Gasteiger charge is -2.10. The fourth-order valence-electron chi connectivity index (χ4n) is 0.908. The van der Waals surface area contributed by atoms with Crippen LogP contribution in [0.15, 0.2) is 12.1 Å². The first-order chi connectivity index (χ1) is 6.36. The van der Waals surface area contributed by atoms with Crippen molar-refractivity contribution in [1.29, 1.82) is 0 Å². The minimum Gasteiger partial charge on any atom is -0.207 e. The molecule has 0 unspecified atom stereocenters. The van der Waals surface area contributed by atoms with Crippen LogP contribution in [-0.4, -0.2) is 0 Å². The number of halogens is 6. The topological polar surface area (TPSA) is 0 Å². The Kier molecular flexibility index (Phi) is 3.27. The molecular formula is C8H4Cl2F4. The molecule has 0 aliphatic carbocycles. The van der Waals surface area contributed by atoms with Crippen molar-refractivity contribution in [3.63, 3.8) is 0 Å². The summed E-state index contributed by atoms with van der Waals surface area (Å²) in [6, 6.07) is 1.23.